The lowest BCUT2D eigenvalue weighted by atomic mass is 10.3. The summed E-state index contributed by atoms with van der Waals surface area (Å²) in [7, 11) is 0. The monoisotopic (exact) mass is 392 g/mol. The maximum Gasteiger partial charge on any atom is 0.287 e. The molecule has 0 saturated carbocycles. The predicted molar refractivity (Wildman–Crippen MR) is 100.0 cm³/mol. The first-order valence-corrected chi connectivity index (χ1v) is 9.04. The number of benzene rings is 2. The van der Waals surface area contributed by atoms with Crippen LogP contribution in [0.5, 0.6) is 5.75 Å². The molecule has 1 heterocycles. The van der Waals surface area contributed by atoms with Gasteiger partial charge >= 0.3 is 0 Å². The third-order valence-electron chi connectivity index (χ3n) is 3.30. The molecule has 0 spiro atoms. The molecule has 2 aromatic carbocycles. The lowest BCUT2D eigenvalue weighted by molar-refractivity contribution is 0.0709. The summed E-state index contributed by atoms with van der Waals surface area (Å²) in [6.45, 7) is 1.65. The van der Waals surface area contributed by atoms with Crippen LogP contribution in [0.4, 0.5) is 0 Å². The van der Waals surface area contributed by atoms with Gasteiger partial charge in [0.15, 0.2) is 6.10 Å². The molecule has 1 atom stereocenters. The Kier molecular flexibility index (Phi) is 5.68. The number of halogens is 2. The van der Waals surface area contributed by atoms with E-state index >= 15 is 0 Å². The largest absolute Gasteiger partial charge is 0.479 e. The maximum atomic E-state index is 12.5. The Labute approximate surface area is 159 Å². The summed E-state index contributed by atoms with van der Waals surface area (Å²) >= 11 is 13.4. The molecule has 0 fully saturated rings. The predicted octanol–water partition coefficient (Wildman–Crippen LogP) is 5.45. The molecule has 25 heavy (non-hydrogen) atoms. The van der Waals surface area contributed by atoms with E-state index in [0.717, 1.165) is 9.92 Å². The highest BCUT2D eigenvalue weighted by atomic mass is 35.5. The van der Waals surface area contributed by atoms with Crippen LogP contribution >= 0.6 is 35.0 Å². The first kappa shape index (κ1) is 17.9. The normalized spacial score (nSPS) is 12.0. The first-order chi connectivity index (χ1) is 12.0. The molecule has 0 aliphatic carbocycles. The molecule has 128 valence electrons. The van der Waals surface area contributed by atoms with Gasteiger partial charge in [-0.15, -0.1) is 0 Å². The third-order valence-corrected chi connectivity index (χ3v) is 4.77. The lowest BCUT2D eigenvalue weighted by Gasteiger charge is -2.14. The third kappa shape index (κ3) is 4.57. The summed E-state index contributed by atoms with van der Waals surface area (Å²) in [5.74, 6) is 0.115. The minimum absolute atomic E-state index is 0.286. The van der Waals surface area contributed by atoms with E-state index in [1.54, 1.807) is 37.4 Å². The highest BCUT2D eigenvalue weighted by molar-refractivity contribution is 7.99. The van der Waals surface area contributed by atoms with Gasteiger partial charge in [-0.3, -0.25) is 4.79 Å². The number of hydrogen-bond acceptors (Lipinski definition) is 4. The summed E-state index contributed by atoms with van der Waals surface area (Å²) < 4.78 is 6.91. The van der Waals surface area contributed by atoms with Crippen molar-refractivity contribution in [3.8, 4) is 5.75 Å². The summed E-state index contributed by atoms with van der Waals surface area (Å²) in [6.07, 6.45) is 0.880. The Hall–Kier alpha value is -1.95. The van der Waals surface area contributed by atoms with E-state index in [1.165, 1.54) is 16.4 Å². The molecule has 0 N–H and O–H groups in total. The van der Waals surface area contributed by atoms with E-state index < -0.39 is 6.10 Å². The quantitative estimate of drug-likeness (QED) is 0.578. The molecule has 7 heteroatoms. The van der Waals surface area contributed by atoms with E-state index in [2.05, 4.69) is 5.10 Å². The van der Waals surface area contributed by atoms with Gasteiger partial charge in [-0.25, -0.2) is 4.68 Å². The summed E-state index contributed by atoms with van der Waals surface area (Å²) in [4.78, 5) is 13.5. The van der Waals surface area contributed by atoms with Crippen LogP contribution < -0.4 is 4.74 Å². The zero-order valence-electron chi connectivity index (χ0n) is 13.2. The minimum Gasteiger partial charge on any atom is -0.479 e. The highest BCUT2D eigenvalue weighted by Gasteiger charge is 2.19. The van der Waals surface area contributed by atoms with Crippen molar-refractivity contribution in [1.82, 2.24) is 9.78 Å². The van der Waals surface area contributed by atoms with Gasteiger partial charge in [0, 0.05) is 16.1 Å². The first-order valence-electron chi connectivity index (χ1n) is 7.47. The Bertz CT molecular complexity index is 884. The molecule has 1 aromatic heterocycles. The van der Waals surface area contributed by atoms with Gasteiger partial charge in [-0.05, 0) is 43.3 Å². The number of ether oxygens (including phenoxy) is 1. The Balaban J connectivity index is 1.68. The summed E-state index contributed by atoms with van der Waals surface area (Å²) in [6, 6.07) is 16.5. The van der Waals surface area contributed by atoms with Crippen molar-refractivity contribution in [1.29, 1.82) is 0 Å². The van der Waals surface area contributed by atoms with Gasteiger partial charge in [-0.2, -0.15) is 5.10 Å². The van der Waals surface area contributed by atoms with E-state index in [-0.39, 0.29) is 5.91 Å². The Morgan fingerprint density at radius 1 is 1.16 bits per heavy atom. The number of carbonyl (C=O) groups excluding carboxylic acids is 1. The van der Waals surface area contributed by atoms with Crippen molar-refractivity contribution in [3.05, 3.63) is 70.8 Å². The number of nitrogens with zero attached hydrogens (tertiary/aromatic N) is 2. The fourth-order valence-electron chi connectivity index (χ4n) is 2.09. The fraction of sp³-hybridized carbons (Fsp3) is 0.111. The van der Waals surface area contributed by atoms with Gasteiger partial charge in [0.25, 0.3) is 5.91 Å². The summed E-state index contributed by atoms with van der Waals surface area (Å²) in [5.41, 5.74) is 0. The van der Waals surface area contributed by atoms with Gasteiger partial charge in [0.1, 0.15) is 10.8 Å². The molecule has 0 saturated heterocycles. The molecule has 3 aromatic rings. The molecule has 0 aliphatic heterocycles. The Morgan fingerprint density at radius 2 is 1.92 bits per heavy atom. The van der Waals surface area contributed by atoms with Gasteiger partial charge in [0.05, 0.1) is 5.02 Å². The lowest BCUT2D eigenvalue weighted by Crippen LogP contribution is -2.29. The van der Waals surface area contributed by atoms with Crippen LogP contribution in [0.3, 0.4) is 0 Å². The van der Waals surface area contributed by atoms with Crippen molar-refractivity contribution in [2.24, 2.45) is 0 Å². The summed E-state index contributed by atoms with van der Waals surface area (Å²) in [5, 5.41) is 5.89. The van der Waals surface area contributed by atoms with Crippen LogP contribution in [0.2, 0.25) is 10.0 Å². The standard InChI is InChI=1S/C18H14Cl2N2O2S/c1-12(24-16-8-7-13(19)11-15(16)20)18(23)22-10-9-17(21-22)25-14-5-3-2-4-6-14/h2-12H,1H3. The van der Waals surface area contributed by atoms with E-state index in [4.69, 9.17) is 27.9 Å². The van der Waals surface area contributed by atoms with Gasteiger partial charge in [-0.1, -0.05) is 53.2 Å². The van der Waals surface area contributed by atoms with Crippen LogP contribution in [0.1, 0.15) is 11.7 Å². The number of carbonyl (C=O) groups is 1. The average Bonchev–Trinajstić information content (AvgIpc) is 3.06. The zero-order valence-corrected chi connectivity index (χ0v) is 15.6. The highest BCUT2D eigenvalue weighted by Crippen LogP contribution is 2.29. The van der Waals surface area contributed by atoms with E-state index in [1.807, 2.05) is 30.3 Å². The molecule has 0 bridgehead atoms. The van der Waals surface area contributed by atoms with E-state index in [9.17, 15) is 4.79 Å². The van der Waals surface area contributed by atoms with Crippen molar-refractivity contribution in [3.63, 3.8) is 0 Å². The average molecular weight is 393 g/mol. The minimum atomic E-state index is -0.742. The molecule has 4 nitrogen and oxygen atoms in total. The molecule has 1 unspecified atom stereocenters. The van der Waals surface area contributed by atoms with Gasteiger partial charge in [0.2, 0.25) is 0 Å². The van der Waals surface area contributed by atoms with Crippen LogP contribution in [-0.4, -0.2) is 21.8 Å². The van der Waals surface area contributed by atoms with E-state index in [0.29, 0.717) is 15.8 Å². The van der Waals surface area contributed by atoms with Crippen LogP contribution in [0.25, 0.3) is 0 Å². The van der Waals surface area contributed by atoms with Crippen molar-refractivity contribution in [2.75, 3.05) is 0 Å². The number of hydrogen-bond donors (Lipinski definition) is 0. The van der Waals surface area contributed by atoms with Crippen LogP contribution in [0.15, 0.2) is 70.7 Å². The van der Waals surface area contributed by atoms with Crippen molar-refractivity contribution < 1.29 is 9.53 Å². The van der Waals surface area contributed by atoms with Crippen LogP contribution in [0, 0.1) is 0 Å². The molecule has 0 aliphatic rings. The smallest absolute Gasteiger partial charge is 0.287 e. The number of aromatic nitrogens is 2. The second-order valence-corrected chi connectivity index (χ2v) is 7.12. The number of rotatable bonds is 5. The molecule has 0 radical (unpaired) electrons. The second-order valence-electron chi connectivity index (χ2n) is 5.19. The topological polar surface area (TPSA) is 44.1 Å². The van der Waals surface area contributed by atoms with Crippen molar-refractivity contribution >= 4 is 40.9 Å². The van der Waals surface area contributed by atoms with Gasteiger partial charge < -0.3 is 4.74 Å². The van der Waals surface area contributed by atoms with Crippen molar-refractivity contribution in [2.45, 2.75) is 22.9 Å². The fourth-order valence-corrected chi connectivity index (χ4v) is 3.34. The SMILES string of the molecule is CC(Oc1ccc(Cl)cc1Cl)C(=O)n1ccc(Sc2ccccc2)n1. The molecule has 0 amide bonds. The van der Waals surface area contributed by atoms with Crippen LogP contribution in [-0.2, 0) is 0 Å². The maximum absolute atomic E-state index is 12.5. The zero-order chi connectivity index (χ0) is 17.8. The second kappa shape index (κ2) is 7.95. The molecule has 3 rings (SSSR count). The Morgan fingerprint density at radius 3 is 2.64 bits per heavy atom. The molecular formula is C18H14Cl2N2O2S. The molecular weight excluding hydrogens is 379 g/mol.